The van der Waals surface area contributed by atoms with E-state index in [0.29, 0.717) is 0 Å². The van der Waals surface area contributed by atoms with Crippen LogP contribution in [0.25, 0.3) is 0 Å². The van der Waals surface area contributed by atoms with E-state index in [0.717, 1.165) is 5.56 Å². The molecule has 4 nitrogen and oxygen atoms in total. The third-order valence-electron chi connectivity index (χ3n) is 2.76. The molecule has 0 radical (unpaired) electrons. The second kappa shape index (κ2) is 5.13. The first-order valence-corrected chi connectivity index (χ1v) is 6.75. The highest BCUT2D eigenvalue weighted by molar-refractivity contribution is 7.72. The summed E-state index contributed by atoms with van der Waals surface area (Å²) in [5, 5.41) is 0. The number of hydrogen-bond donors (Lipinski definition) is 0. The fourth-order valence-corrected chi connectivity index (χ4v) is 2.86. The van der Waals surface area contributed by atoms with Gasteiger partial charge in [0.2, 0.25) is 0 Å². The van der Waals surface area contributed by atoms with Gasteiger partial charge < -0.3 is 9.05 Å². The minimum atomic E-state index is -3.70. The van der Waals surface area contributed by atoms with Crippen molar-refractivity contribution in [2.45, 2.75) is 19.3 Å². The standard InChI is InChI=1S/C12H17O4P/c1-12(2,10-8-6-5-7-9-10)11(13)17(14,15-3)16-4/h5-9H,1-4H3. The fourth-order valence-electron chi connectivity index (χ4n) is 1.56. The van der Waals surface area contributed by atoms with Crippen LogP contribution in [-0.2, 0) is 23.8 Å². The zero-order chi connectivity index (χ0) is 13.1. The lowest BCUT2D eigenvalue weighted by atomic mass is 9.86. The van der Waals surface area contributed by atoms with Gasteiger partial charge in [0, 0.05) is 14.2 Å². The van der Waals surface area contributed by atoms with E-state index >= 15 is 0 Å². The summed E-state index contributed by atoms with van der Waals surface area (Å²) in [6, 6.07) is 9.14. The Morgan fingerprint density at radius 1 is 1.12 bits per heavy atom. The molecular formula is C12H17O4P. The maximum absolute atomic E-state index is 12.2. The highest BCUT2D eigenvalue weighted by Crippen LogP contribution is 2.52. The predicted octanol–water partition coefficient (Wildman–Crippen LogP) is 2.98. The van der Waals surface area contributed by atoms with Crippen molar-refractivity contribution in [1.82, 2.24) is 0 Å². The molecule has 0 amide bonds. The zero-order valence-electron chi connectivity index (χ0n) is 10.5. The van der Waals surface area contributed by atoms with Gasteiger partial charge in [0.15, 0.2) is 0 Å². The van der Waals surface area contributed by atoms with Crippen LogP contribution in [0.2, 0.25) is 0 Å². The monoisotopic (exact) mass is 256 g/mol. The maximum Gasteiger partial charge on any atom is 0.397 e. The van der Waals surface area contributed by atoms with Crippen molar-refractivity contribution in [2.24, 2.45) is 0 Å². The molecule has 1 aromatic carbocycles. The number of hydrogen-bond acceptors (Lipinski definition) is 4. The quantitative estimate of drug-likeness (QED) is 0.760. The van der Waals surface area contributed by atoms with Gasteiger partial charge in [-0.2, -0.15) is 0 Å². The highest BCUT2D eigenvalue weighted by atomic mass is 31.2. The number of benzene rings is 1. The van der Waals surface area contributed by atoms with E-state index in [1.165, 1.54) is 14.2 Å². The Kier molecular flexibility index (Phi) is 4.26. The van der Waals surface area contributed by atoms with Gasteiger partial charge in [-0.3, -0.25) is 9.36 Å². The van der Waals surface area contributed by atoms with E-state index in [9.17, 15) is 9.36 Å². The summed E-state index contributed by atoms with van der Waals surface area (Å²) in [5.41, 5.74) is -0.677. The third-order valence-corrected chi connectivity index (χ3v) is 4.78. The molecule has 0 heterocycles. The van der Waals surface area contributed by atoms with Crippen LogP contribution < -0.4 is 0 Å². The summed E-state index contributed by atoms with van der Waals surface area (Å²) in [4.78, 5) is 12.2. The molecule has 0 fully saturated rings. The van der Waals surface area contributed by atoms with Crippen LogP contribution in [0.5, 0.6) is 0 Å². The van der Waals surface area contributed by atoms with E-state index in [-0.39, 0.29) is 0 Å². The van der Waals surface area contributed by atoms with Crippen LogP contribution in [0.4, 0.5) is 0 Å². The van der Waals surface area contributed by atoms with Gasteiger partial charge in [0.05, 0.1) is 5.41 Å². The molecule has 0 atom stereocenters. The zero-order valence-corrected chi connectivity index (χ0v) is 11.4. The van der Waals surface area contributed by atoms with Crippen molar-refractivity contribution >= 4 is 13.1 Å². The van der Waals surface area contributed by atoms with Crippen molar-refractivity contribution < 1.29 is 18.4 Å². The van der Waals surface area contributed by atoms with E-state index in [2.05, 4.69) is 0 Å². The topological polar surface area (TPSA) is 52.6 Å². The molecule has 17 heavy (non-hydrogen) atoms. The summed E-state index contributed by atoms with van der Waals surface area (Å²) in [7, 11) is -1.27. The molecule has 0 unspecified atom stereocenters. The Bertz CT molecular complexity index is 431. The van der Waals surface area contributed by atoms with Crippen molar-refractivity contribution in [3.05, 3.63) is 35.9 Å². The Morgan fingerprint density at radius 3 is 2.00 bits per heavy atom. The molecule has 0 aliphatic heterocycles. The van der Waals surface area contributed by atoms with Crippen molar-refractivity contribution in [3.63, 3.8) is 0 Å². The van der Waals surface area contributed by atoms with Crippen LogP contribution in [0, 0.1) is 0 Å². The molecular weight excluding hydrogens is 239 g/mol. The van der Waals surface area contributed by atoms with Gasteiger partial charge in [0.1, 0.15) is 0 Å². The lowest BCUT2D eigenvalue weighted by Gasteiger charge is -2.26. The summed E-state index contributed by atoms with van der Waals surface area (Å²) < 4.78 is 21.6. The van der Waals surface area contributed by atoms with Crippen LogP contribution in [0.1, 0.15) is 19.4 Å². The van der Waals surface area contributed by atoms with E-state index in [1.54, 1.807) is 13.8 Å². The average Bonchev–Trinajstić information content (AvgIpc) is 2.38. The van der Waals surface area contributed by atoms with Crippen molar-refractivity contribution in [1.29, 1.82) is 0 Å². The molecule has 1 aromatic rings. The molecule has 0 aliphatic carbocycles. The first-order chi connectivity index (χ1) is 7.88. The van der Waals surface area contributed by atoms with Gasteiger partial charge in [0.25, 0.3) is 5.52 Å². The minimum Gasteiger partial charge on any atom is -0.307 e. The molecule has 94 valence electrons. The first-order valence-electron chi connectivity index (χ1n) is 5.20. The van der Waals surface area contributed by atoms with Gasteiger partial charge in [-0.25, -0.2) is 0 Å². The summed E-state index contributed by atoms with van der Waals surface area (Å²) >= 11 is 0. The average molecular weight is 256 g/mol. The molecule has 0 aromatic heterocycles. The molecule has 0 spiro atoms. The fraction of sp³-hybridized carbons (Fsp3) is 0.417. The SMILES string of the molecule is COP(=O)(OC)C(=O)C(C)(C)c1ccccc1. The molecule has 0 saturated carbocycles. The minimum absolute atomic E-state index is 0.541. The second-order valence-corrected chi connectivity index (χ2v) is 6.29. The predicted molar refractivity (Wildman–Crippen MR) is 66.1 cm³/mol. The van der Waals surface area contributed by atoms with Gasteiger partial charge >= 0.3 is 7.60 Å². The molecule has 0 saturated heterocycles. The van der Waals surface area contributed by atoms with Crippen molar-refractivity contribution in [2.75, 3.05) is 14.2 Å². The van der Waals surface area contributed by atoms with E-state index in [4.69, 9.17) is 9.05 Å². The smallest absolute Gasteiger partial charge is 0.307 e. The Hall–Kier alpha value is -0.960. The number of rotatable bonds is 5. The van der Waals surface area contributed by atoms with E-state index in [1.807, 2.05) is 30.3 Å². The summed E-state index contributed by atoms with van der Waals surface area (Å²) in [6.45, 7) is 3.41. The molecule has 0 N–H and O–H groups in total. The van der Waals surface area contributed by atoms with Crippen LogP contribution in [0.3, 0.4) is 0 Å². The summed E-state index contributed by atoms with van der Waals surface area (Å²) in [5.74, 6) is 0. The van der Waals surface area contributed by atoms with Crippen molar-refractivity contribution in [3.8, 4) is 0 Å². The molecule has 1 rings (SSSR count). The lowest BCUT2D eigenvalue weighted by Crippen LogP contribution is -2.29. The lowest BCUT2D eigenvalue weighted by molar-refractivity contribution is -0.117. The normalized spacial score (nSPS) is 12.5. The van der Waals surface area contributed by atoms with Crippen LogP contribution >= 0.6 is 7.60 Å². The number of carbonyl (C=O) groups is 1. The van der Waals surface area contributed by atoms with Crippen LogP contribution in [-0.4, -0.2) is 19.7 Å². The van der Waals surface area contributed by atoms with Gasteiger partial charge in [-0.05, 0) is 19.4 Å². The van der Waals surface area contributed by atoms with Gasteiger partial charge in [-0.1, -0.05) is 30.3 Å². The number of carbonyl (C=O) groups excluding carboxylic acids is 1. The molecule has 0 aliphatic rings. The Labute approximate surface area is 101 Å². The maximum atomic E-state index is 12.2. The third kappa shape index (κ3) is 2.65. The van der Waals surface area contributed by atoms with Crippen LogP contribution in [0.15, 0.2) is 30.3 Å². The van der Waals surface area contributed by atoms with Gasteiger partial charge in [-0.15, -0.1) is 0 Å². The summed E-state index contributed by atoms with van der Waals surface area (Å²) in [6.07, 6.45) is 0. The first kappa shape index (κ1) is 14.1. The molecule has 0 bridgehead atoms. The largest absolute Gasteiger partial charge is 0.397 e. The molecule has 5 heteroatoms. The van der Waals surface area contributed by atoms with E-state index < -0.39 is 18.5 Å². The Morgan fingerprint density at radius 2 is 1.59 bits per heavy atom. The highest BCUT2D eigenvalue weighted by Gasteiger charge is 2.44. The second-order valence-electron chi connectivity index (χ2n) is 4.16. The Balaban J connectivity index is 3.16.